The Morgan fingerprint density at radius 1 is 1.03 bits per heavy atom. The second-order valence-corrected chi connectivity index (χ2v) is 7.09. The summed E-state index contributed by atoms with van der Waals surface area (Å²) < 4.78 is 11.0. The summed E-state index contributed by atoms with van der Waals surface area (Å²) >= 11 is 0. The number of methoxy groups -OCH3 is 1. The first-order valence-electron chi connectivity index (χ1n) is 9.91. The molecule has 0 unspecified atom stereocenters. The average Bonchev–Trinajstić information content (AvgIpc) is 2.83. The molecule has 11 heteroatoms. The summed E-state index contributed by atoms with van der Waals surface area (Å²) in [4.78, 5) is 33.3. The Morgan fingerprint density at radius 3 is 2.50 bits per heavy atom. The van der Waals surface area contributed by atoms with Gasteiger partial charge in [-0.3, -0.25) is 25.0 Å². The number of carbonyl (C=O) groups is 1. The highest BCUT2D eigenvalue weighted by Gasteiger charge is 2.16. The lowest BCUT2D eigenvalue weighted by molar-refractivity contribution is -0.386. The molecule has 3 aromatic carbocycles. The molecule has 0 radical (unpaired) electrons. The minimum atomic E-state index is -0.608. The van der Waals surface area contributed by atoms with Gasteiger partial charge in [-0.05, 0) is 48.4 Å². The number of hydrogen-bond acceptors (Lipinski definition) is 8. The van der Waals surface area contributed by atoms with E-state index >= 15 is 0 Å². The van der Waals surface area contributed by atoms with Crippen molar-refractivity contribution in [1.82, 2.24) is 5.43 Å². The van der Waals surface area contributed by atoms with Crippen LogP contribution in [0, 0.1) is 27.2 Å². The number of hydrazone groups is 1. The van der Waals surface area contributed by atoms with Gasteiger partial charge in [0.25, 0.3) is 11.6 Å². The van der Waals surface area contributed by atoms with Gasteiger partial charge < -0.3 is 9.47 Å². The summed E-state index contributed by atoms with van der Waals surface area (Å²) in [5, 5.41) is 26.1. The minimum Gasteiger partial charge on any atom is -0.496 e. The molecular formula is C23H20N4O7. The fourth-order valence-electron chi connectivity index (χ4n) is 3.03. The lowest BCUT2D eigenvalue weighted by atomic mass is 10.1. The molecular weight excluding hydrogens is 444 g/mol. The second-order valence-electron chi connectivity index (χ2n) is 7.09. The Bertz CT molecular complexity index is 1270. The molecule has 0 aliphatic carbocycles. The van der Waals surface area contributed by atoms with E-state index in [1.165, 1.54) is 43.7 Å². The molecule has 0 bridgehead atoms. The van der Waals surface area contributed by atoms with Gasteiger partial charge in [-0.2, -0.15) is 5.10 Å². The topological polar surface area (TPSA) is 146 Å². The Balaban J connectivity index is 1.72. The van der Waals surface area contributed by atoms with Crippen LogP contribution in [-0.4, -0.2) is 29.1 Å². The number of hydrogen-bond donors (Lipinski definition) is 1. The normalized spacial score (nSPS) is 10.6. The van der Waals surface area contributed by atoms with E-state index < -0.39 is 15.8 Å². The third kappa shape index (κ3) is 5.91. The highest BCUT2D eigenvalue weighted by Crippen LogP contribution is 2.30. The van der Waals surface area contributed by atoms with Crippen LogP contribution in [0.2, 0.25) is 0 Å². The summed E-state index contributed by atoms with van der Waals surface area (Å²) in [6, 6.07) is 15.0. The number of nitro groups is 2. The number of ether oxygens (including phenoxy) is 2. The minimum absolute atomic E-state index is 0.00516. The lowest BCUT2D eigenvalue weighted by Crippen LogP contribution is -2.17. The van der Waals surface area contributed by atoms with E-state index in [-0.39, 0.29) is 29.3 Å². The van der Waals surface area contributed by atoms with Gasteiger partial charge in [-0.25, -0.2) is 5.43 Å². The van der Waals surface area contributed by atoms with Crippen molar-refractivity contribution in [3.8, 4) is 11.5 Å². The van der Waals surface area contributed by atoms with Crippen LogP contribution >= 0.6 is 0 Å². The first-order valence-corrected chi connectivity index (χ1v) is 9.91. The van der Waals surface area contributed by atoms with Crippen molar-refractivity contribution >= 4 is 23.5 Å². The van der Waals surface area contributed by atoms with Crippen molar-refractivity contribution in [2.24, 2.45) is 5.10 Å². The maximum Gasteiger partial charge on any atom is 0.311 e. The van der Waals surface area contributed by atoms with Crippen LogP contribution in [0.25, 0.3) is 0 Å². The molecule has 3 rings (SSSR count). The molecule has 3 aromatic rings. The van der Waals surface area contributed by atoms with E-state index in [0.717, 1.165) is 11.6 Å². The largest absolute Gasteiger partial charge is 0.496 e. The number of benzene rings is 3. The van der Waals surface area contributed by atoms with Gasteiger partial charge in [0.15, 0.2) is 5.75 Å². The second kappa shape index (κ2) is 10.7. The zero-order chi connectivity index (χ0) is 24.7. The molecule has 174 valence electrons. The van der Waals surface area contributed by atoms with Crippen LogP contribution in [-0.2, 0) is 6.61 Å². The number of carbonyl (C=O) groups excluding carboxylic acids is 1. The van der Waals surface area contributed by atoms with Crippen molar-refractivity contribution in [3.63, 3.8) is 0 Å². The highest BCUT2D eigenvalue weighted by molar-refractivity contribution is 5.95. The number of rotatable bonds is 9. The zero-order valence-corrected chi connectivity index (χ0v) is 18.3. The predicted octanol–water partition coefficient (Wildman–Crippen LogP) is 4.16. The number of non-ortho nitro benzene ring substituents is 1. The summed E-state index contributed by atoms with van der Waals surface area (Å²) in [6.45, 7) is 1.75. The first-order chi connectivity index (χ1) is 16.3. The molecule has 0 spiro atoms. The van der Waals surface area contributed by atoms with E-state index in [1.54, 1.807) is 31.2 Å². The summed E-state index contributed by atoms with van der Waals surface area (Å²) in [6.07, 6.45) is 1.38. The first kappa shape index (κ1) is 23.9. The van der Waals surface area contributed by atoms with Gasteiger partial charge in [-0.1, -0.05) is 12.1 Å². The Labute approximate surface area is 193 Å². The molecule has 0 aliphatic heterocycles. The third-order valence-electron chi connectivity index (χ3n) is 4.70. The molecule has 34 heavy (non-hydrogen) atoms. The van der Waals surface area contributed by atoms with Gasteiger partial charge in [0, 0.05) is 29.3 Å². The summed E-state index contributed by atoms with van der Waals surface area (Å²) in [5.74, 6) is 0.0252. The highest BCUT2D eigenvalue weighted by atomic mass is 16.6. The van der Waals surface area contributed by atoms with E-state index in [4.69, 9.17) is 9.47 Å². The van der Waals surface area contributed by atoms with Crippen LogP contribution in [0.5, 0.6) is 11.5 Å². The van der Waals surface area contributed by atoms with Crippen molar-refractivity contribution in [2.75, 3.05) is 7.11 Å². The summed E-state index contributed by atoms with van der Waals surface area (Å²) in [7, 11) is 1.49. The number of nitro benzene ring substituents is 2. The SMILES string of the molecule is COc1ccc(/C=N\NC(=O)c2cccc([N+](=O)[O-])c2)cc1COc1ccc(C)cc1[N+](=O)[O-]. The van der Waals surface area contributed by atoms with E-state index in [9.17, 15) is 25.0 Å². The quantitative estimate of drug-likeness (QED) is 0.284. The van der Waals surface area contributed by atoms with Crippen LogP contribution in [0.4, 0.5) is 11.4 Å². The zero-order valence-electron chi connectivity index (χ0n) is 18.3. The maximum absolute atomic E-state index is 12.2. The number of nitrogens with one attached hydrogen (secondary N) is 1. The van der Waals surface area contributed by atoms with Crippen molar-refractivity contribution in [3.05, 3.63) is 103 Å². The predicted molar refractivity (Wildman–Crippen MR) is 123 cm³/mol. The molecule has 0 fully saturated rings. The molecule has 1 N–H and O–H groups in total. The van der Waals surface area contributed by atoms with E-state index in [2.05, 4.69) is 10.5 Å². The molecule has 0 saturated carbocycles. The number of nitrogens with zero attached hydrogens (tertiary/aromatic N) is 3. The Kier molecular flexibility index (Phi) is 7.49. The van der Waals surface area contributed by atoms with Gasteiger partial charge in [0.05, 0.1) is 23.2 Å². The van der Waals surface area contributed by atoms with Crippen molar-refractivity contribution in [1.29, 1.82) is 0 Å². The molecule has 0 aromatic heterocycles. The molecule has 0 heterocycles. The monoisotopic (exact) mass is 464 g/mol. The Hall–Kier alpha value is -4.80. The van der Waals surface area contributed by atoms with Gasteiger partial charge in [0.2, 0.25) is 0 Å². The Morgan fingerprint density at radius 2 is 1.79 bits per heavy atom. The van der Waals surface area contributed by atoms with Crippen LogP contribution in [0.15, 0.2) is 65.8 Å². The van der Waals surface area contributed by atoms with E-state index in [1.807, 2.05) is 0 Å². The van der Waals surface area contributed by atoms with Crippen LogP contribution in [0.3, 0.4) is 0 Å². The molecule has 0 aliphatic rings. The van der Waals surface area contributed by atoms with Crippen molar-refractivity contribution < 1.29 is 24.1 Å². The maximum atomic E-state index is 12.2. The lowest BCUT2D eigenvalue weighted by Gasteiger charge is -2.11. The smallest absolute Gasteiger partial charge is 0.311 e. The fourth-order valence-corrected chi connectivity index (χ4v) is 3.03. The molecule has 0 atom stereocenters. The average molecular weight is 464 g/mol. The molecule has 0 saturated heterocycles. The molecule has 1 amide bonds. The van der Waals surface area contributed by atoms with Crippen LogP contribution < -0.4 is 14.9 Å². The summed E-state index contributed by atoms with van der Waals surface area (Å²) in [5.41, 5.74) is 4.00. The third-order valence-corrected chi connectivity index (χ3v) is 4.70. The standard InChI is InChI=1S/C23H20N4O7/c1-15-6-8-22(20(10-15)27(31)32)34-14-18-11-16(7-9-21(18)33-2)13-24-25-23(28)17-4-3-5-19(12-17)26(29)30/h3-13H,14H2,1-2H3,(H,25,28)/b24-13-. The number of aryl methyl sites for hydroxylation is 1. The van der Waals surface area contributed by atoms with Gasteiger partial charge in [0.1, 0.15) is 12.4 Å². The van der Waals surface area contributed by atoms with Gasteiger partial charge in [-0.15, -0.1) is 0 Å². The van der Waals surface area contributed by atoms with Crippen LogP contribution in [0.1, 0.15) is 27.0 Å². The van der Waals surface area contributed by atoms with Gasteiger partial charge >= 0.3 is 5.69 Å². The number of amides is 1. The van der Waals surface area contributed by atoms with Crippen molar-refractivity contribution in [2.45, 2.75) is 13.5 Å². The molecule has 11 nitrogen and oxygen atoms in total. The fraction of sp³-hybridized carbons (Fsp3) is 0.130. The van der Waals surface area contributed by atoms with E-state index in [0.29, 0.717) is 16.9 Å².